The van der Waals surface area contributed by atoms with Crippen LogP contribution in [0.5, 0.6) is 0 Å². The topological polar surface area (TPSA) is 38.5 Å². The number of benzene rings is 1. The lowest BCUT2D eigenvalue weighted by Crippen LogP contribution is -2.46. The fourth-order valence-corrected chi connectivity index (χ4v) is 3.29. The molecule has 0 amide bonds. The van der Waals surface area contributed by atoms with E-state index in [0.717, 1.165) is 19.1 Å². The SMILES string of the molecule is COCCN(C(C)C1CC1)C(c1cccc(C)c1)C(C)N. The molecule has 3 atom stereocenters. The molecule has 2 rings (SSSR count). The van der Waals surface area contributed by atoms with Gasteiger partial charge >= 0.3 is 0 Å². The molecule has 21 heavy (non-hydrogen) atoms. The minimum Gasteiger partial charge on any atom is -0.383 e. The van der Waals surface area contributed by atoms with Crippen LogP contribution in [-0.2, 0) is 4.74 Å². The standard InChI is InChI=1S/C18H30N2O/c1-13-6-5-7-17(12-13)18(14(2)19)20(10-11-21-4)15(3)16-8-9-16/h5-7,12,14-16,18H,8-11,19H2,1-4H3. The van der Waals surface area contributed by atoms with Gasteiger partial charge in [0.15, 0.2) is 0 Å². The highest BCUT2D eigenvalue weighted by Crippen LogP contribution is 2.38. The molecule has 2 N–H and O–H groups in total. The number of hydrogen-bond acceptors (Lipinski definition) is 3. The average molecular weight is 290 g/mol. The molecule has 3 unspecified atom stereocenters. The van der Waals surface area contributed by atoms with Crippen LogP contribution in [0.4, 0.5) is 0 Å². The second-order valence-electron chi connectivity index (χ2n) is 6.53. The number of nitrogens with zero attached hydrogens (tertiary/aromatic N) is 1. The second-order valence-corrected chi connectivity index (χ2v) is 6.53. The van der Waals surface area contributed by atoms with Crippen molar-refractivity contribution in [3.63, 3.8) is 0 Å². The van der Waals surface area contributed by atoms with Crippen LogP contribution in [0.1, 0.15) is 43.9 Å². The molecule has 118 valence electrons. The lowest BCUT2D eigenvalue weighted by atomic mass is 9.95. The van der Waals surface area contributed by atoms with E-state index in [1.165, 1.54) is 24.0 Å². The first-order chi connectivity index (χ1) is 10.0. The van der Waals surface area contributed by atoms with Crippen LogP contribution in [0, 0.1) is 12.8 Å². The van der Waals surface area contributed by atoms with E-state index >= 15 is 0 Å². The molecule has 1 fully saturated rings. The Morgan fingerprint density at radius 3 is 2.57 bits per heavy atom. The molecule has 0 aromatic heterocycles. The van der Waals surface area contributed by atoms with Crippen LogP contribution in [0.15, 0.2) is 24.3 Å². The first kappa shape index (κ1) is 16.5. The molecule has 3 nitrogen and oxygen atoms in total. The molecular formula is C18H30N2O. The predicted molar refractivity (Wildman–Crippen MR) is 88.3 cm³/mol. The van der Waals surface area contributed by atoms with E-state index in [2.05, 4.69) is 49.9 Å². The zero-order valence-electron chi connectivity index (χ0n) is 13.9. The van der Waals surface area contributed by atoms with E-state index in [-0.39, 0.29) is 12.1 Å². The fourth-order valence-electron chi connectivity index (χ4n) is 3.29. The number of rotatable bonds is 8. The van der Waals surface area contributed by atoms with Crippen molar-refractivity contribution in [1.82, 2.24) is 4.90 Å². The Morgan fingerprint density at radius 1 is 1.33 bits per heavy atom. The van der Waals surface area contributed by atoms with Gasteiger partial charge < -0.3 is 10.5 Å². The Morgan fingerprint density at radius 2 is 2.05 bits per heavy atom. The second kappa shape index (κ2) is 7.39. The predicted octanol–water partition coefficient (Wildman–Crippen LogP) is 3.13. The fraction of sp³-hybridized carbons (Fsp3) is 0.667. The Labute approximate surface area is 129 Å². The van der Waals surface area contributed by atoms with Gasteiger partial charge in [0, 0.05) is 31.8 Å². The highest BCUT2D eigenvalue weighted by Gasteiger charge is 2.36. The summed E-state index contributed by atoms with van der Waals surface area (Å²) in [5.41, 5.74) is 8.99. The number of nitrogens with two attached hydrogens (primary N) is 1. The summed E-state index contributed by atoms with van der Waals surface area (Å²) in [6.07, 6.45) is 2.70. The molecule has 0 bridgehead atoms. The maximum atomic E-state index is 6.37. The Hall–Kier alpha value is -0.900. The van der Waals surface area contributed by atoms with Crippen molar-refractivity contribution in [2.24, 2.45) is 11.7 Å². The molecule has 0 spiro atoms. The van der Waals surface area contributed by atoms with E-state index in [9.17, 15) is 0 Å². The van der Waals surface area contributed by atoms with Gasteiger partial charge in [-0.05, 0) is 45.1 Å². The monoisotopic (exact) mass is 290 g/mol. The van der Waals surface area contributed by atoms with Gasteiger partial charge in [-0.15, -0.1) is 0 Å². The van der Waals surface area contributed by atoms with Crippen molar-refractivity contribution in [1.29, 1.82) is 0 Å². The van der Waals surface area contributed by atoms with Gasteiger partial charge in [0.25, 0.3) is 0 Å². The zero-order valence-corrected chi connectivity index (χ0v) is 13.9. The number of aryl methyl sites for hydroxylation is 1. The van der Waals surface area contributed by atoms with Crippen LogP contribution in [0.25, 0.3) is 0 Å². The summed E-state index contributed by atoms with van der Waals surface area (Å²) in [4.78, 5) is 2.56. The molecule has 1 saturated carbocycles. The average Bonchev–Trinajstić information content (AvgIpc) is 3.26. The summed E-state index contributed by atoms with van der Waals surface area (Å²) in [5, 5.41) is 0. The number of methoxy groups -OCH3 is 1. The van der Waals surface area contributed by atoms with Crippen LogP contribution in [0.3, 0.4) is 0 Å². The summed E-state index contributed by atoms with van der Waals surface area (Å²) >= 11 is 0. The van der Waals surface area contributed by atoms with Crippen molar-refractivity contribution >= 4 is 0 Å². The number of ether oxygens (including phenoxy) is 1. The summed E-state index contributed by atoms with van der Waals surface area (Å²) < 4.78 is 5.33. The molecule has 1 aliphatic carbocycles. The molecule has 1 aromatic rings. The molecule has 0 aliphatic heterocycles. The van der Waals surface area contributed by atoms with Crippen molar-refractivity contribution in [3.05, 3.63) is 35.4 Å². The van der Waals surface area contributed by atoms with Crippen LogP contribution >= 0.6 is 0 Å². The van der Waals surface area contributed by atoms with Crippen molar-refractivity contribution in [2.75, 3.05) is 20.3 Å². The van der Waals surface area contributed by atoms with E-state index in [0.29, 0.717) is 6.04 Å². The van der Waals surface area contributed by atoms with Gasteiger partial charge in [-0.3, -0.25) is 4.90 Å². The van der Waals surface area contributed by atoms with Crippen molar-refractivity contribution in [2.45, 2.75) is 51.7 Å². The smallest absolute Gasteiger partial charge is 0.0590 e. The van der Waals surface area contributed by atoms with Crippen LogP contribution in [-0.4, -0.2) is 37.2 Å². The van der Waals surface area contributed by atoms with Gasteiger partial charge in [0.2, 0.25) is 0 Å². The minimum absolute atomic E-state index is 0.102. The first-order valence-corrected chi connectivity index (χ1v) is 8.11. The molecular weight excluding hydrogens is 260 g/mol. The van der Waals surface area contributed by atoms with E-state index in [4.69, 9.17) is 10.5 Å². The lowest BCUT2D eigenvalue weighted by Gasteiger charge is -2.39. The first-order valence-electron chi connectivity index (χ1n) is 8.11. The van der Waals surface area contributed by atoms with E-state index in [1.54, 1.807) is 7.11 Å². The van der Waals surface area contributed by atoms with Gasteiger partial charge in [-0.1, -0.05) is 29.8 Å². The molecule has 0 saturated heterocycles. The third-order valence-electron chi connectivity index (χ3n) is 4.62. The molecule has 0 radical (unpaired) electrons. The van der Waals surface area contributed by atoms with Gasteiger partial charge in [0.1, 0.15) is 0 Å². The normalized spacial score (nSPS) is 19.5. The van der Waals surface area contributed by atoms with Gasteiger partial charge in [-0.25, -0.2) is 0 Å². The highest BCUT2D eigenvalue weighted by molar-refractivity contribution is 5.26. The molecule has 0 heterocycles. The van der Waals surface area contributed by atoms with Crippen molar-refractivity contribution < 1.29 is 4.74 Å². The summed E-state index contributed by atoms with van der Waals surface area (Å²) in [5.74, 6) is 0.827. The molecule has 3 heteroatoms. The van der Waals surface area contributed by atoms with E-state index in [1.807, 2.05) is 0 Å². The lowest BCUT2D eigenvalue weighted by molar-refractivity contribution is 0.0719. The minimum atomic E-state index is 0.102. The van der Waals surface area contributed by atoms with Crippen LogP contribution < -0.4 is 5.73 Å². The van der Waals surface area contributed by atoms with Gasteiger partial charge in [0.05, 0.1) is 6.61 Å². The summed E-state index contributed by atoms with van der Waals surface area (Å²) in [7, 11) is 1.77. The maximum absolute atomic E-state index is 6.37. The Balaban J connectivity index is 2.26. The summed E-state index contributed by atoms with van der Waals surface area (Å²) in [6.45, 7) is 8.30. The third kappa shape index (κ3) is 4.29. The quantitative estimate of drug-likeness (QED) is 0.799. The number of hydrogen-bond donors (Lipinski definition) is 1. The Kier molecular flexibility index (Phi) is 5.80. The zero-order chi connectivity index (χ0) is 15.4. The van der Waals surface area contributed by atoms with Crippen molar-refractivity contribution in [3.8, 4) is 0 Å². The van der Waals surface area contributed by atoms with Crippen LogP contribution in [0.2, 0.25) is 0 Å². The van der Waals surface area contributed by atoms with Gasteiger partial charge in [-0.2, -0.15) is 0 Å². The third-order valence-corrected chi connectivity index (χ3v) is 4.62. The molecule has 1 aromatic carbocycles. The Bertz CT molecular complexity index is 443. The summed E-state index contributed by atoms with van der Waals surface area (Å²) in [6, 6.07) is 9.69. The molecule has 1 aliphatic rings. The van der Waals surface area contributed by atoms with E-state index < -0.39 is 0 Å². The largest absolute Gasteiger partial charge is 0.383 e. The maximum Gasteiger partial charge on any atom is 0.0590 e. The highest BCUT2D eigenvalue weighted by atomic mass is 16.5.